The van der Waals surface area contributed by atoms with Crippen LogP contribution in [0.1, 0.15) is 20.3 Å². The molecule has 0 aliphatic carbocycles. The van der Waals surface area contributed by atoms with Gasteiger partial charge in [0.25, 0.3) is 0 Å². The summed E-state index contributed by atoms with van der Waals surface area (Å²) in [6.45, 7) is 5.64. The van der Waals surface area contributed by atoms with Crippen LogP contribution >= 0.6 is 0 Å². The molecule has 0 radical (unpaired) electrons. The summed E-state index contributed by atoms with van der Waals surface area (Å²) in [6, 6.07) is 0. The molecule has 3 heteroatoms. The Kier molecular flexibility index (Phi) is 7.45. The van der Waals surface area contributed by atoms with Gasteiger partial charge >= 0.3 is 0 Å². The summed E-state index contributed by atoms with van der Waals surface area (Å²) in [5.41, 5.74) is 0. The van der Waals surface area contributed by atoms with E-state index in [1.165, 1.54) is 0 Å². The van der Waals surface area contributed by atoms with E-state index >= 15 is 0 Å². The highest BCUT2D eigenvalue weighted by atomic mass is 16.7. The highest BCUT2D eigenvalue weighted by molar-refractivity contribution is 4.44. The van der Waals surface area contributed by atoms with E-state index in [0.29, 0.717) is 12.5 Å². The van der Waals surface area contributed by atoms with Crippen molar-refractivity contribution < 1.29 is 14.2 Å². The SMILES string of the molecule is COC(COCCC(C)C)OC. The van der Waals surface area contributed by atoms with Crippen LogP contribution in [0.15, 0.2) is 0 Å². The van der Waals surface area contributed by atoms with Gasteiger partial charge in [0.2, 0.25) is 0 Å². The van der Waals surface area contributed by atoms with E-state index in [2.05, 4.69) is 13.8 Å². The molecule has 0 fully saturated rings. The van der Waals surface area contributed by atoms with Crippen LogP contribution in [0.4, 0.5) is 0 Å². The Hall–Kier alpha value is -0.120. The molecular formula is C9H20O3. The number of rotatable bonds is 7. The van der Waals surface area contributed by atoms with Crippen molar-refractivity contribution in [1.82, 2.24) is 0 Å². The molecule has 0 aromatic carbocycles. The van der Waals surface area contributed by atoms with Gasteiger partial charge in [-0.05, 0) is 12.3 Å². The van der Waals surface area contributed by atoms with Gasteiger partial charge in [0.15, 0.2) is 6.29 Å². The highest BCUT2D eigenvalue weighted by Gasteiger charge is 2.04. The summed E-state index contributed by atoms with van der Waals surface area (Å²) in [4.78, 5) is 0. The van der Waals surface area contributed by atoms with Gasteiger partial charge in [-0.25, -0.2) is 0 Å². The molecule has 0 unspecified atom stereocenters. The maximum absolute atomic E-state index is 5.34. The second-order valence-corrected chi connectivity index (χ2v) is 3.16. The lowest BCUT2D eigenvalue weighted by molar-refractivity contribution is -0.140. The maximum atomic E-state index is 5.34. The van der Waals surface area contributed by atoms with Gasteiger partial charge in [-0.1, -0.05) is 13.8 Å². The zero-order valence-electron chi connectivity index (χ0n) is 8.50. The average molecular weight is 176 g/mol. The van der Waals surface area contributed by atoms with Crippen molar-refractivity contribution in [2.24, 2.45) is 5.92 Å². The molecule has 3 nitrogen and oxygen atoms in total. The van der Waals surface area contributed by atoms with E-state index in [-0.39, 0.29) is 6.29 Å². The minimum Gasteiger partial charge on any atom is -0.376 e. The summed E-state index contributed by atoms with van der Waals surface area (Å²) in [5, 5.41) is 0. The fraction of sp³-hybridized carbons (Fsp3) is 1.00. The number of methoxy groups -OCH3 is 2. The third kappa shape index (κ3) is 6.58. The number of ether oxygens (including phenoxy) is 3. The minimum absolute atomic E-state index is 0.225. The Morgan fingerprint density at radius 2 is 1.67 bits per heavy atom. The zero-order chi connectivity index (χ0) is 9.40. The molecule has 0 aromatic heterocycles. The Bertz CT molecular complexity index is 89.8. The molecular weight excluding hydrogens is 156 g/mol. The van der Waals surface area contributed by atoms with Crippen LogP contribution in [-0.4, -0.2) is 33.7 Å². The van der Waals surface area contributed by atoms with Crippen molar-refractivity contribution >= 4 is 0 Å². The van der Waals surface area contributed by atoms with Crippen LogP contribution < -0.4 is 0 Å². The van der Waals surface area contributed by atoms with Crippen LogP contribution in [0.2, 0.25) is 0 Å². The number of hydrogen-bond donors (Lipinski definition) is 0. The molecule has 0 aliphatic rings. The van der Waals surface area contributed by atoms with Crippen LogP contribution in [0.25, 0.3) is 0 Å². The first-order valence-corrected chi connectivity index (χ1v) is 4.34. The normalized spacial score (nSPS) is 11.5. The van der Waals surface area contributed by atoms with Crippen molar-refractivity contribution in [2.75, 3.05) is 27.4 Å². The van der Waals surface area contributed by atoms with Gasteiger partial charge in [-0.15, -0.1) is 0 Å². The molecule has 0 atom stereocenters. The first kappa shape index (κ1) is 11.9. The predicted octanol–water partition coefficient (Wildman–Crippen LogP) is 1.67. The third-order valence-electron chi connectivity index (χ3n) is 1.62. The van der Waals surface area contributed by atoms with Gasteiger partial charge in [-0.2, -0.15) is 0 Å². The van der Waals surface area contributed by atoms with Crippen LogP contribution in [0, 0.1) is 5.92 Å². The van der Waals surface area contributed by atoms with E-state index < -0.39 is 0 Å². The molecule has 0 saturated heterocycles. The molecule has 0 heterocycles. The summed E-state index contributed by atoms with van der Waals surface area (Å²) in [5.74, 6) is 0.688. The van der Waals surface area contributed by atoms with Crippen LogP contribution in [-0.2, 0) is 14.2 Å². The van der Waals surface area contributed by atoms with Gasteiger partial charge < -0.3 is 14.2 Å². The first-order chi connectivity index (χ1) is 5.70. The lowest BCUT2D eigenvalue weighted by Gasteiger charge is -2.13. The second kappa shape index (κ2) is 7.53. The molecule has 0 aromatic rings. The van der Waals surface area contributed by atoms with Crippen molar-refractivity contribution in [1.29, 1.82) is 0 Å². The monoisotopic (exact) mass is 176 g/mol. The first-order valence-electron chi connectivity index (χ1n) is 4.34. The smallest absolute Gasteiger partial charge is 0.180 e. The van der Waals surface area contributed by atoms with E-state index in [1.54, 1.807) is 14.2 Å². The fourth-order valence-corrected chi connectivity index (χ4v) is 0.731. The Balaban J connectivity index is 3.17. The van der Waals surface area contributed by atoms with Gasteiger partial charge in [0.05, 0.1) is 6.61 Å². The lowest BCUT2D eigenvalue weighted by Crippen LogP contribution is -2.20. The van der Waals surface area contributed by atoms with E-state index in [0.717, 1.165) is 13.0 Å². The quantitative estimate of drug-likeness (QED) is 0.436. The van der Waals surface area contributed by atoms with Crippen molar-refractivity contribution in [2.45, 2.75) is 26.6 Å². The molecule has 0 rings (SSSR count). The Morgan fingerprint density at radius 3 is 2.08 bits per heavy atom. The topological polar surface area (TPSA) is 27.7 Å². The third-order valence-corrected chi connectivity index (χ3v) is 1.62. The van der Waals surface area contributed by atoms with E-state index in [4.69, 9.17) is 14.2 Å². The second-order valence-electron chi connectivity index (χ2n) is 3.16. The van der Waals surface area contributed by atoms with Gasteiger partial charge in [-0.3, -0.25) is 0 Å². The maximum Gasteiger partial charge on any atom is 0.180 e. The minimum atomic E-state index is -0.225. The Morgan fingerprint density at radius 1 is 1.08 bits per heavy atom. The van der Waals surface area contributed by atoms with E-state index in [9.17, 15) is 0 Å². The summed E-state index contributed by atoms with van der Waals surface area (Å²) in [7, 11) is 3.22. The van der Waals surface area contributed by atoms with Crippen LogP contribution in [0.5, 0.6) is 0 Å². The molecule has 0 bridgehead atoms. The molecule has 0 spiro atoms. The number of hydrogen-bond acceptors (Lipinski definition) is 3. The molecule has 0 saturated carbocycles. The highest BCUT2D eigenvalue weighted by Crippen LogP contribution is 2.00. The Labute approximate surface area is 75.0 Å². The van der Waals surface area contributed by atoms with Crippen molar-refractivity contribution in [3.63, 3.8) is 0 Å². The zero-order valence-corrected chi connectivity index (χ0v) is 8.50. The standard InChI is InChI=1S/C9H20O3/c1-8(2)5-6-12-7-9(10-3)11-4/h8-9H,5-7H2,1-4H3. The average Bonchev–Trinajstić information content (AvgIpc) is 2.04. The molecule has 0 N–H and O–H groups in total. The predicted molar refractivity (Wildman–Crippen MR) is 48.1 cm³/mol. The van der Waals surface area contributed by atoms with Gasteiger partial charge in [0, 0.05) is 20.8 Å². The summed E-state index contributed by atoms with van der Waals surface area (Å²) < 4.78 is 15.3. The van der Waals surface area contributed by atoms with Crippen molar-refractivity contribution in [3.8, 4) is 0 Å². The van der Waals surface area contributed by atoms with Gasteiger partial charge in [0.1, 0.15) is 0 Å². The fourth-order valence-electron chi connectivity index (χ4n) is 0.731. The van der Waals surface area contributed by atoms with Crippen LogP contribution in [0.3, 0.4) is 0 Å². The molecule has 74 valence electrons. The van der Waals surface area contributed by atoms with E-state index in [1.807, 2.05) is 0 Å². The lowest BCUT2D eigenvalue weighted by atomic mass is 10.1. The molecule has 12 heavy (non-hydrogen) atoms. The molecule has 0 amide bonds. The summed E-state index contributed by atoms with van der Waals surface area (Å²) >= 11 is 0. The molecule has 0 aliphatic heterocycles. The summed E-state index contributed by atoms with van der Waals surface area (Å²) in [6.07, 6.45) is 0.859. The largest absolute Gasteiger partial charge is 0.376 e. The van der Waals surface area contributed by atoms with Crippen molar-refractivity contribution in [3.05, 3.63) is 0 Å².